The van der Waals surface area contributed by atoms with Crippen LogP contribution >= 0.6 is 11.3 Å². The van der Waals surface area contributed by atoms with Crippen molar-refractivity contribution in [2.45, 2.75) is 45.1 Å². The molecular weight excluding hydrogens is 574 g/mol. The molecule has 0 spiro atoms. The molecule has 3 heterocycles. The number of nitrogens with one attached hydrogen (secondary N) is 1. The summed E-state index contributed by atoms with van der Waals surface area (Å²) in [4.78, 5) is 46.7. The number of benzene rings is 2. The predicted octanol–water partition coefficient (Wildman–Crippen LogP) is 5.33. The minimum Gasteiger partial charge on any atom is -0.465 e. The molecule has 0 radical (unpaired) electrons. The molecule has 0 aliphatic carbocycles. The third-order valence-corrected chi connectivity index (χ3v) is 8.89. The molecule has 1 aromatic heterocycles. The average Bonchev–Trinajstić information content (AvgIpc) is 3.36. The highest BCUT2D eigenvalue weighted by Crippen LogP contribution is 2.44. The van der Waals surface area contributed by atoms with Crippen molar-refractivity contribution in [3.63, 3.8) is 0 Å². The van der Waals surface area contributed by atoms with Gasteiger partial charge in [0.15, 0.2) is 0 Å². The van der Waals surface area contributed by atoms with Crippen LogP contribution in [0.1, 0.15) is 47.1 Å². The Balaban J connectivity index is 1.37. The summed E-state index contributed by atoms with van der Waals surface area (Å²) in [5.74, 6) is -4.57. The number of halogens is 2. The summed E-state index contributed by atoms with van der Waals surface area (Å²) in [5, 5.41) is 3.82. The maximum Gasteiger partial charge on any atom is 0.319 e. The van der Waals surface area contributed by atoms with E-state index in [-0.39, 0.29) is 30.7 Å². The highest BCUT2D eigenvalue weighted by Gasteiger charge is 2.42. The summed E-state index contributed by atoms with van der Waals surface area (Å²) in [6.45, 7) is 4.40. The topological polar surface area (TPSA) is 91.8 Å². The first-order valence-corrected chi connectivity index (χ1v) is 15.2. The smallest absolute Gasteiger partial charge is 0.319 e. The molecule has 0 unspecified atom stereocenters. The number of nitrogens with zero attached hydrogens (tertiary/aromatic N) is 3. The number of amides is 2. The number of alkyl halides is 2. The van der Waals surface area contributed by atoms with Crippen molar-refractivity contribution in [3.8, 4) is 10.6 Å². The zero-order chi connectivity index (χ0) is 30.6. The fourth-order valence-corrected chi connectivity index (χ4v) is 6.44. The number of hydrogen-bond donors (Lipinski definition) is 1. The molecule has 0 bridgehead atoms. The number of rotatable bonds is 7. The summed E-state index contributed by atoms with van der Waals surface area (Å²) < 4.78 is 36.4. The Labute approximate surface area is 253 Å². The Morgan fingerprint density at radius 2 is 1.77 bits per heavy atom. The lowest BCUT2D eigenvalue weighted by Crippen LogP contribution is -2.46. The molecule has 226 valence electrons. The van der Waals surface area contributed by atoms with Crippen LogP contribution in [0.3, 0.4) is 0 Å². The number of likely N-dealkylation sites (tertiary alicyclic amines) is 1. The van der Waals surface area contributed by atoms with Crippen LogP contribution in [0.15, 0.2) is 60.7 Å². The number of fused-ring (bicyclic) bond motifs is 1. The minimum atomic E-state index is -3.34. The van der Waals surface area contributed by atoms with E-state index in [1.165, 1.54) is 22.3 Å². The van der Waals surface area contributed by atoms with E-state index in [1.54, 1.807) is 36.9 Å². The summed E-state index contributed by atoms with van der Waals surface area (Å²) in [5.41, 5.74) is 1.51. The number of piperidine rings is 1. The van der Waals surface area contributed by atoms with Crippen LogP contribution in [0, 0.1) is 6.92 Å². The first kappa shape index (κ1) is 30.5. The van der Waals surface area contributed by atoms with Gasteiger partial charge in [-0.1, -0.05) is 48.5 Å². The molecule has 1 saturated heterocycles. The average molecular weight is 609 g/mol. The molecule has 2 aliphatic heterocycles. The fourth-order valence-electron chi connectivity index (χ4n) is 5.42. The highest BCUT2D eigenvalue weighted by molar-refractivity contribution is 7.17. The van der Waals surface area contributed by atoms with Gasteiger partial charge in [-0.05, 0) is 32.8 Å². The number of ether oxygens (including phenoxy) is 1. The summed E-state index contributed by atoms with van der Waals surface area (Å²) >= 11 is 1.24. The van der Waals surface area contributed by atoms with Crippen LogP contribution < -0.4 is 10.2 Å². The van der Waals surface area contributed by atoms with Gasteiger partial charge in [0.2, 0.25) is 5.91 Å². The third kappa shape index (κ3) is 6.83. The first-order valence-electron chi connectivity index (χ1n) is 14.4. The van der Waals surface area contributed by atoms with Crippen molar-refractivity contribution in [1.82, 2.24) is 15.2 Å². The Morgan fingerprint density at radius 1 is 1.07 bits per heavy atom. The maximum absolute atomic E-state index is 15.7. The van der Waals surface area contributed by atoms with Crippen LogP contribution in [0.5, 0.6) is 0 Å². The van der Waals surface area contributed by atoms with Gasteiger partial charge in [0.25, 0.3) is 11.8 Å². The SMILES string of the molecule is CCOC(=O)CNC1CCN(C(=O)C=C2c3ccccc3N(C(=O)c3sc(-c4ccccc4)nc3C)CCC2(F)F)CC1. The number of para-hydroxylation sites is 1. The standard InChI is InChI=1S/C32H34F2N4O4S/c1-3-42-28(40)20-35-23-13-16-37(17-14-23)27(39)19-25-24-11-7-8-12-26(24)38(18-15-32(25,33)34)31(41)29-21(2)36-30(43-29)22-9-5-4-6-10-22/h4-12,19,23,35H,3,13-18,20H2,1-2H3. The molecule has 8 nitrogen and oxygen atoms in total. The molecular formula is C32H34F2N4O4S. The molecule has 3 aromatic rings. The quantitative estimate of drug-likeness (QED) is 0.288. The van der Waals surface area contributed by atoms with Crippen LogP contribution in [-0.2, 0) is 14.3 Å². The summed E-state index contributed by atoms with van der Waals surface area (Å²) in [6.07, 6.45) is 1.58. The molecule has 2 aliphatic rings. The number of esters is 1. The number of hydrogen-bond acceptors (Lipinski definition) is 7. The van der Waals surface area contributed by atoms with Gasteiger partial charge >= 0.3 is 5.97 Å². The van der Waals surface area contributed by atoms with E-state index >= 15 is 8.78 Å². The molecule has 1 fully saturated rings. The highest BCUT2D eigenvalue weighted by atomic mass is 32.1. The van der Waals surface area contributed by atoms with Crippen LogP contribution in [-0.4, -0.2) is 72.4 Å². The van der Waals surface area contributed by atoms with E-state index in [9.17, 15) is 14.4 Å². The van der Waals surface area contributed by atoms with E-state index < -0.39 is 29.7 Å². The van der Waals surface area contributed by atoms with Gasteiger partial charge in [-0.15, -0.1) is 11.3 Å². The van der Waals surface area contributed by atoms with Gasteiger partial charge in [-0.3, -0.25) is 14.4 Å². The predicted molar refractivity (Wildman–Crippen MR) is 162 cm³/mol. The Kier molecular flexibility index (Phi) is 9.31. The molecule has 5 rings (SSSR count). The number of thiazole rings is 1. The lowest BCUT2D eigenvalue weighted by Gasteiger charge is -2.32. The molecule has 0 atom stereocenters. The number of aromatic nitrogens is 1. The van der Waals surface area contributed by atoms with Gasteiger partial charge in [-0.25, -0.2) is 13.8 Å². The minimum absolute atomic E-state index is 0.0262. The monoisotopic (exact) mass is 608 g/mol. The van der Waals surface area contributed by atoms with Crippen molar-refractivity contribution in [2.75, 3.05) is 37.7 Å². The molecule has 43 heavy (non-hydrogen) atoms. The Bertz CT molecular complexity index is 1520. The van der Waals surface area contributed by atoms with Crippen LogP contribution in [0.25, 0.3) is 16.1 Å². The summed E-state index contributed by atoms with van der Waals surface area (Å²) in [7, 11) is 0. The van der Waals surface area contributed by atoms with Gasteiger partial charge < -0.3 is 19.9 Å². The molecule has 2 amide bonds. The Morgan fingerprint density at radius 3 is 2.49 bits per heavy atom. The van der Waals surface area contributed by atoms with E-state index in [0.717, 1.165) is 11.6 Å². The molecule has 11 heteroatoms. The number of aryl methyl sites for hydroxylation is 1. The van der Waals surface area contributed by atoms with Crippen molar-refractivity contribution in [3.05, 3.63) is 76.8 Å². The number of carbonyl (C=O) groups excluding carboxylic acids is 3. The van der Waals surface area contributed by atoms with Gasteiger partial charge in [0.05, 0.1) is 24.5 Å². The maximum atomic E-state index is 15.7. The van der Waals surface area contributed by atoms with Gasteiger partial charge in [0, 0.05) is 54.9 Å². The third-order valence-electron chi connectivity index (χ3n) is 7.70. The second kappa shape index (κ2) is 13.1. The van der Waals surface area contributed by atoms with Crippen molar-refractivity contribution in [2.24, 2.45) is 0 Å². The largest absolute Gasteiger partial charge is 0.465 e. The van der Waals surface area contributed by atoms with E-state index in [1.807, 2.05) is 30.3 Å². The van der Waals surface area contributed by atoms with Crippen molar-refractivity contribution < 1.29 is 27.9 Å². The zero-order valence-corrected chi connectivity index (χ0v) is 25.0. The lowest BCUT2D eigenvalue weighted by molar-refractivity contribution is -0.142. The zero-order valence-electron chi connectivity index (χ0n) is 24.1. The lowest BCUT2D eigenvalue weighted by atomic mass is 9.96. The van der Waals surface area contributed by atoms with Crippen molar-refractivity contribution >= 4 is 40.4 Å². The fraction of sp³-hybridized carbons (Fsp3) is 0.375. The van der Waals surface area contributed by atoms with E-state index in [2.05, 4.69) is 10.3 Å². The Hall–Kier alpha value is -3.96. The number of carbonyl (C=O) groups is 3. The van der Waals surface area contributed by atoms with E-state index in [0.29, 0.717) is 53.8 Å². The molecule has 0 saturated carbocycles. The van der Waals surface area contributed by atoms with E-state index in [4.69, 9.17) is 4.74 Å². The van der Waals surface area contributed by atoms with Crippen molar-refractivity contribution in [1.29, 1.82) is 0 Å². The first-order chi connectivity index (χ1) is 20.7. The molecule has 2 aromatic carbocycles. The number of anilines is 1. The van der Waals surface area contributed by atoms with Gasteiger partial charge in [0.1, 0.15) is 9.88 Å². The van der Waals surface area contributed by atoms with Crippen LogP contribution in [0.4, 0.5) is 14.5 Å². The van der Waals surface area contributed by atoms with Gasteiger partial charge in [-0.2, -0.15) is 0 Å². The normalized spacial score (nSPS) is 17.8. The second-order valence-electron chi connectivity index (χ2n) is 10.6. The second-order valence-corrected chi connectivity index (χ2v) is 11.6. The molecule has 1 N–H and O–H groups in total. The summed E-state index contributed by atoms with van der Waals surface area (Å²) in [6, 6.07) is 16.0. The number of allylic oxidation sites excluding steroid dienone is 1. The van der Waals surface area contributed by atoms with Crippen LogP contribution in [0.2, 0.25) is 0 Å².